The number of unbranched alkanes of at least 4 members (excludes halogenated alkanes) is 3. The minimum absolute atomic E-state index is 0.0597. The maximum atomic E-state index is 13.1. The minimum Gasteiger partial charge on any atom is -0.444 e. The van der Waals surface area contributed by atoms with Gasteiger partial charge in [-0.3, -0.25) is 4.55 Å². The number of aromatic nitrogens is 3. The molecule has 0 fully saturated rings. The second-order valence-corrected chi connectivity index (χ2v) is 23.6. The molecule has 3 heterocycles. The van der Waals surface area contributed by atoms with E-state index in [4.69, 9.17) is 38.7 Å². The molecule has 86 heavy (non-hydrogen) atoms. The normalized spacial score (nSPS) is 11.9. The van der Waals surface area contributed by atoms with Crippen molar-refractivity contribution in [2.75, 3.05) is 54.4 Å². The van der Waals surface area contributed by atoms with Crippen LogP contribution in [-0.4, -0.2) is 89.4 Å². The fraction of sp³-hybridized carbons (Fsp3) is 0.435. The number of aryl methyl sites for hydroxylation is 4. The maximum Gasteiger partial charge on any atom is 0.407 e. The van der Waals surface area contributed by atoms with Gasteiger partial charge >= 0.3 is 12.2 Å². The van der Waals surface area contributed by atoms with Crippen LogP contribution in [0.1, 0.15) is 124 Å². The van der Waals surface area contributed by atoms with E-state index in [1.165, 1.54) is 12.1 Å². The zero-order valence-electron chi connectivity index (χ0n) is 50.9. The maximum absolute atomic E-state index is 13.1. The van der Waals surface area contributed by atoms with Gasteiger partial charge in [-0.15, -0.1) is 0 Å². The van der Waals surface area contributed by atoms with E-state index in [2.05, 4.69) is 72.9 Å². The number of amides is 2. The third kappa shape index (κ3) is 28.7. The van der Waals surface area contributed by atoms with E-state index in [0.717, 1.165) is 126 Å². The first-order valence-corrected chi connectivity index (χ1v) is 30.8. The van der Waals surface area contributed by atoms with Crippen molar-refractivity contribution in [3.8, 4) is 0 Å². The van der Waals surface area contributed by atoms with E-state index in [0.29, 0.717) is 53.2 Å². The molecule has 0 atom stereocenters. The second kappa shape index (κ2) is 37.2. The number of hydrogen-bond donors (Lipinski definition) is 7. The Labute approximate surface area is 511 Å². The number of rotatable bonds is 22. The average molecular weight is 1290 g/mol. The average Bonchev–Trinajstić information content (AvgIpc) is 2.44. The first-order valence-electron chi connectivity index (χ1n) is 28.2. The van der Waals surface area contributed by atoms with Crippen LogP contribution in [0.5, 0.6) is 0 Å². The predicted octanol–water partition coefficient (Wildman–Crippen LogP) is 15.1. The Morgan fingerprint density at radius 2 is 0.988 bits per heavy atom. The number of nitrogens with one attached hydrogen (secondary N) is 4. The fourth-order valence-electron chi connectivity index (χ4n) is 7.01. The van der Waals surface area contributed by atoms with Gasteiger partial charge in [0.15, 0.2) is 34.4 Å². The number of benzene rings is 4. The van der Waals surface area contributed by atoms with Gasteiger partial charge in [0.2, 0.25) is 0 Å². The molecule has 0 aliphatic heterocycles. The zero-order valence-corrected chi connectivity index (χ0v) is 53.3. The molecule has 7 aromatic rings. The quantitative estimate of drug-likeness (QED) is 0.0189. The van der Waals surface area contributed by atoms with Crippen LogP contribution in [0.4, 0.5) is 39.8 Å². The highest BCUT2D eigenvalue weighted by Crippen LogP contribution is 2.24. The molecule has 0 saturated carbocycles. The molecule has 19 nitrogen and oxygen atoms in total. The van der Waals surface area contributed by atoms with Crippen molar-refractivity contribution in [2.24, 2.45) is 5.73 Å². The van der Waals surface area contributed by atoms with Gasteiger partial charge in [0.25, 0.3) is 10.1 Å². The Kier molecular flexibility index (Phi) is 31.5. The van der Waals surface area contributed by atoms with Crippen LogP contribution in [0, 0.1) is 6.92 Å². The van der Waals surface area contributed by atoms with E-state index >= 15 is 0 Å². The highest BCUT2D eigenvalue weighted by Gasteiger charge is 2.18. The van der Waals surface area contributed by atoms with Gasteiger partial charge in [0.05, 0.1) is 23.9 Å². The van der Waals surface area contributed by atoms with Crippen LogP contribution in [0.15, 0.2) is 133 Å². The molecule has 24 heteroatoms. The van der Waals surface area contributed by atoms with Crippen LogP contribution in [-0.2, 0) is 38.9 Å². The summed E-state index contributed by atoms with van der Waals surface area (Å²) in [6.07, 6.45) is 9.52. The lowest BCUT2D eigenvalue weighted by Gasteiger charge is -2.20. The van der Waals surface area contributed by atoms with Crippen molar-refractivity contribution in [3.05, 3.63) is 138 Å². The molecule has 0 aliphatic carbocycles. The van der Waals surface area contributed by atoms with Gasteiger partial charge < -0.3 is 55.5 Å². The second-order valence-electron chi connectivity index (χ2n) is 21.6. The van der Waals surface area contributed by atoms with E-state index in [1.807, 2.05) is 61.5 Å². The molecule has 0 bridgehead atoms. The number of carbonyl (C=O) groups excluding carboxylic acids is 2. The number of oxazole rings is 3. The zero-order chi connectivity index (χ0) is 63.9. The molecule has 7 rings (SSSR count). The van der Waals surface area contributed by atoms with Gasteiger partial charge in [0, 0.05) is 92.6 Å². The van der Waals surface area contributed by atoms with Crippen LogP contribution in [0.2, 0.25) is 0 Å². The van der Waals surface area contributed by atoms with Crippen molar-refractivity contribution < 1.29 is 58.5 Å². The van der Waals surface area contributed by atoms with Crippen LogP contribution < -0.4 is 32.7 Å². The summed E-state index contributed by atoms with van der Waals surface area (Å²) in [7, 11) is -4.02. The Morgan fingerprint density at radius 3 is 1.35 bits per heavy atom. The number of halogens is 4. The molecule has 0 aliphatic rings. The summed E-state index contributed by atoms with van der Waals surface area (Å²) in [5.41, 5.74) is 19.4. The Bertz CT molecular complexity index is 3390. The number of carbonyl (C=O) groups is 2. The van der Waals surface area contributed by atoms with Gasteiger partial charge in [-0.2, -0.15) is 8.42 Å². The Balaban J connectivity index is 0.000000292. The molecule has 9 N–H and O–H groups in total. The summed E-state index contributed by atoms with van der Waals surface area (Å²) in [4.78, 5) is 35.9. The molecule has 2 amide bonds. The predicted molar refractivity (Wildman–Crippen MR) is 339 cm³/mol. The molecule has 0 spiro atoms. The van der Waals surface area contributed by atoms with Crippen LogP contribution in [0.3, 0.4) is 0 Å². The molecule has 4 aromatic carbocycles. The topological polar surface area (TPSA) is 285 Å². The lowest BCUT2D eigenvalue weighted by atomic mass is 10.2. The summed E-state index contributed by atoms with van der Waals surface area (Å²) in [6, 6.07) is 22.8. The van der Waals surface area contributed by atoms with E-state index in [1.54, 1.807) is 53.7 Å². The number of anilines is 3. The molecule has 0 saturated heterocycles. The molecule has 3 aromatic heterocycles. The van der Waals surface area contributed by atoms with Crippen LogP contribution in [0.25, 0.3) is 33.3 Å². The number of alkyl carbamates (subject to hydrolysis) is 2. The third-order valence-electron chi connectivity index (χ3n) is 11.5. The van der Waals surface area contributed by atoms with Crippen molar-refractivity contribution in [3.63, 3.8) is 0 Å². The summed E-state index contributed by atoms with van der Waals surface area (Å²) < 4.78 is 94.3. The summed E-state index contributed by atoms with van der Waals surface area (Å²) in [5, 5.41) is 11.6. The number of ether oxygens (including phenoxy) is 2. The molecule has 0 radical (unpaired) electrons. The van der Waals surface area contributed by atoms with Crippen molar-refractivity contribution in [1.82, 2.24) is 25.6 Å². The van der Waals surface area contributed by atoms with E-state index in [-0.39, 0.29) is 31.1 Å². The SMILES string of the molecule is CC(C)(C)OC(=O)NC/C(=C/F)CBr.CCCCc1nc2ccc(N)cc2o1.CCCCc1nc2ccc(NC/C(=C\F)CN)cc2o1.CCCCc1nc2ccc(NC/C(=C\F)CNC(=O)OC(C)(C)C)cc2o1.Cc1ccc(S(=O)(=O)O)cc1. The van der Waals surface area contributed by atoms with E-state index < -0.39 is 33.5 Å². The monoisotopic (exact) mass is 1280 g/mol. The smallest absolute Gasteiger partial charge is 0.407 e. The standard InChI is InChI=1S/C20H28FN3O3.C15H20FN3O.C11H14N2O.C9H15BrFNO2.C7H8O3S/c1-5-6-7-18-24-16-9-8-15(10-17(16)26-18)22-12-14(11-21)13-23-19(25)27-20(2,3)4;1-2-3-4-15-19-13-6-5-12(7-14(13)20-15)18-10-11(8-16)9-17;1-2-3-4-11-13-9-6-5-8(12)7-10(9)14-11;1-9(2,3)14-8(13)12-6-7(4-10)5-11;1-6-2-4-7(5-3-6)11(8,9)10/h8-11,22H,5-7,12-13H2,1-4H3,(H,23,25);5-8,18H,2-4,9-10,17H2,1H3;5-7H,2-4,12H2,1H3;5H,4,6H2,1-3H3,(H,12,13);2-5H,1H3,(H,8,9,10)/b14-11+;11-8-;;7-5+;. The number of nitrogen functional groups attached to an aromatic ring is 1. The van der Waals surface area contributed by atoms with E-state index in [9.17, 15) is 31.2 Å². The van der Waals surface area contributed by atoms with Gasteiger partial charge in [-0.1, -0.05) is 73.7 Å². The fourth-order valence-corrected chi connectivity index (χ4v) is 7.81. The van der Waals surface area contributed by atoms with Crippen molar-refractivity contribution in [2.45, 2.75) is 143 Å². The molecule has 472 valence electrons. The lowest BCUT2D eigenvalue weighted by Crippen LogP contribution is -2.34. The Hall–Kier alpha value is -7.41. The summed E-state index contributed by atoms with van der Waals surface area (Å²) in [5.74, 6) is 2.31. The van der Waals surface area contributed by atoms with Gasteiger partial charge in [0.1, 0.15) is 27.8 Å². The third-order valence-corrected chi connectivity index (χ3v) is 13.1. The van der Waals surface area contributed by atoms with Crippen molar-refractivity contribution >= 4 is 88.6 Å². The van der Waals surface area contributed by atoms with Crippen molar-refractivity contribution in [1.29, 1.82) is 0 Å². The lowest BCUT2D eigenvalue weighted by molar-refractivity contribution is 0.0521. The summed E-state index contributed by atoms with van der Waals surface area (Å²) in [6.45, 7) is 19.9. The molecular formula is C62H85BrF3N9O10S. The number of nitrogens with zero attached hydrogens (tertiary/aromatic N) is 3. The largest absolute Gasteiger partial charge is 0.444 e. The van der Waals surface area contributed by atoms with Crippen LogP contribution >= 0.6 is 15.9 Å². The highest BCUT2D eigenvalue weighted by molar-refractivity contribution is 9.09. The summed E-state index contributed by atoms with van der Waals surface area (Å²) >= 11 is 3.09. The highest BCUT2D eigenvalue weighted by atomic mass is 79.9. The number of nitrogens with two attached hydrogens (primary N) is 2. The van der Waals surface area contributed by atoms with Gasteiger partial charge in [-0.05, 0) is 133 Å². The molecule has 0 unspecified atom stereocenters. The van der Waals surface area contributed by atoms with Gasteiger partial charge in [-0.25, -0.2) is 37.7 Å². The Morgan fingerprint density at radius 1 is 0.605 bits per heavy atom. The minimum atomic E-state index is -4.02. The first-order chi connectivity index (χ1) is 40.7. The number of alkyl halides is 1. The number of hydrogen-bond acceptors (Lipinski definition) is 16. The first kappa shape index (κ1) is 72.8. The molecular weight excluding hydrogens is 1200 g/mol. The number of fused-ring (bicyclic) bond motifs is 3.